The largest absolute Gasteiger partial charge is 0.308 e. The van der Waals surface area contributed by atoms with E-state index < -0.39 is 0 Å². The Kier molecular flexibility index (Phi) is 3.60. The second-order valence-electron chi connectivity index (χ2n) is 5.27. The summed E-state index contributed by atoms with van der Waals surface area (Å²) in [5.74, 6) is 0. The van der Waals surface area contributed by atoms with Crippen LogP contribution in [0, 0.1) is 6.92 Å². The van der Waals surface area contributed by atoms with Gasteiger partial charge in [-0.25, -0.2) is 0 Å². The van der Waals surface area contributed by atoms with Crippen molar-refractivity contribution in [1.82, 2.24) is 10.3 Å². The van der Waals surface area contributed by atoms with Crippen LogP contribution in [-0.4, -0.2) is 11.5 Å². The van der Waals surface area contributed by atoms with Crippen molar-refractivity contribution in [3.05, 3.63) is 65.0 Å². The molecule has 0 aliphatic heterocycles. The third kappa shape index (κ3) is 2.69. The third-order valence-corrected chi connectivity index (χ3v) is 4.00. The third-order valence-electron chi connectivity index (χ3n) is 4.00. The van der Waals surface area contributed by atoms with E-state index in [9.17, 15) is 0 Å². The molecule has 0 saturated heterocycles. The first kappa shape index (κ1) is 12.4. The van der Waals surface area contributed by atoms with E-state index in [1.54, 1.807) is 0 Å². The van der Waals surface area contributed by atoms with Crippen LogP contribution >= 0.6 is 0 Å². The summed E-state index contributed by atoms with van der Waals surface area (Å²) in [6, 6.07) is 13.3. The van der Waals surface area contributed by atoms with Gasteiger partial charge in [0.2, 0.25) is 0 Å². The molecule has 0 amide bonds. The molecule has 1 aliphatic carbocycles. The molecule has 2 aromatic rings. The van der Waals surface area contributed by atoms with Gasteiger partial charge in [-0.2, -0.15) is 0 Å². The van der Waals surface area contributed by atoms with Gasteiger partial charge in [0.05, 0.1) is 11.7 Å². The molecule has 0 spiro atoms. The summed E-state index contributed by atoms with van der Waals surface area (Å²) in [7, 11) is 0. The number of aryl methyl sites for hydroxylation is 2. The van der Waals surface area contributed by atoms with Gasteiger partial charge in [0.25, 0.3) is 0 Å². The maximum Gasteiger partial charge on any atom is 0.0605 e. The molecule has 2 nitrogen and oxygen atoms in total. The van der Waals surface area contributed by atoms with Gasteiger partial charge in [0.1, 0.15) is 0 Å². The fraction of sp³-hybridized carbons (Fsp3) is 0.353. The highest BCUT2D eigenvalue weighted by atomic mass is 14.9. The van der Waals surface area contributed by atoms with Crippen molar-refractivity contribution in [3.8, 4) is 0 Å². The van der Waals surface area contributed by atoms with Gasteiger partial charge in [0.15, 0.2) is 0 Å². The highest BCUT2D eigenvalue weighted by molar-refractivity contribution is 5.28. The van der Waals surface area contributed by atoms with E-state index >= 15 is 0 Å². The number of rotatable bonds is 4. The molecule has 3 rings (SSSR count). The minimum Gasteiger partial charge on any atom is -0.308 e. The minimum atomic E-state index is 0.445. The van der Waals surface area contributed by atoms with Gasteiger partial charge in [-0.15, -0.1) is 0 Å². The number of nitrogens with one attached hydrogen (secondary N) is 1. The van der Waals surface area contributed by atoms with Crippen LogP contribution in [0.3, 0.4) is 0 Å². The first-order valence-corrected chi connectivity index (χ1v) is 7.06. The van der Waals surface area contributed by atoms with Crippen LogP contribution in [-0.2, 0) is 12.8 Å². The van der Waals surface area contributed by atoms with Gasteiger partial charge in [-0.1, -0.05) is 30.3 Å². The zero-order valence-corrected chi connectivity index (χ0v) is 11.4. The first-order valence-electron chi connectivity index (χ1n) is 7.06. The molecule has 0 saturated carbocycles. The number of nitrogens with zero attached hydrogens (tertiary/aromatic N) is 1. The Labute approximate surface area is 114 Å². The molecule has 1 N–H and O–H groups in total. The van der Waals surface area contributed by atoms with Gasteiger partial charge >= 0.3 is 0 Å². The Morgan fingerprint density at radius 3 is 3.00 bits per heavy atom. The predicted molar refractivity (Wildman–Crippen MR) is 78.2 cm³/mol. The van der Waals surface area contributed by atoms with E-state index in [4.69, 9.17) is 0 Å². The second-order valence-corrected chi connectivity index (χ2v) is 5.27. The van der Waals surface area contributed by atoms with Crippen LogP contribution in [0.5, 0.6) is 0 Å². The molecule has 2 heteroatoms. The molecule has 19 heavy (non-hydrogen) atoms. The SMILES string of the molecule is Cc1ccccc1CCNC1CCc2cccnc21. The van der Waals surface area contributed by atoms with Crippen LogP contribution in [0.4, 0.5) is 0 Å². The van der Waals surface area contributed by atoms with Crippen LogP contribution in [0.15, 0.2) is 42.6 Å². The van der Waals surface area contributed by atoms with Crippen LogP contribution in [0.2, 0.25) is 0 Å². The average Bonchev–Trinajstić information content (AvgIpc) is 2.85. The van der Waals surface area contributed by atoms with Gasteiger partial charge in [-0.3, -0.25) is 4.98 Å². The normalized spacial score (nSPS) is 17.4. The molecular weight excluding hydrogens is 232 g/mol. The molecule has 0 fully saturated rings. The van der Waals surface area contributed by atoms with Crippen molar-refractivity contribution in [1.29, 1.82) is 0 Å². The van der Waals surface area contributed by atoms with Gasteiger partial charge in [-0.05, 0) is 55.5 Å². The lowest BCUT2D eigenvalue weighted by Gasteiger charge is -2.13. The summed E-state index contributed by atoms with van der Waals surface area (Å²) in [6.45, 7) is 3.20. The predicted octanol–water partition coefficient (Wildman–Crippen LogP) is 3.21. The summed E-state index contributed by atoms with van der Waals surface area (Å²) in [6.07, 6.45) is 5.33. The number of fused-ring (bicyclic) bond motifs is 1. The van der Waals surface area contributed by atoms with Crippen molar-refractivity contribution in [2.45, 2.75) is 32.2 Å². The van der Waals surface area contributed by atoms with E-state index in [1.807, 2.05) is 12.3 Å². The molecule has 1 aromatic heterocycles. The second kappa shape index (κ2) is 5.54. The highest BCUT2D eigenvalue weighted by Crippen LogP contribution is 2.28. The Hall–Kier alpha value is -1.67. The maximum atomic E-state index is 4.52. The summed E-state index contributed by atoms with van der Waals surface area (Å²) >= 11 is 0. The lowest BCUT2D eigenvalue weighted by Crippen LogP contribution is -2.22. The maximum absolute atomic E-state index is 4.52. The van der Waals surface area contributed by atoms with Crippen LogP contribution in [0.25, 0.3) is 0 Å². The number of hydrogen-bond acceptors (Lipinski definition) is 2. The van der Waals surface area contributed by atoms with Crippen molar-refractivity contribution >= 4 is 0 Å². The van der Waals surface area contributed by atoms with Crippen molar-refractivity contribution in [2.24, 2.45) is 0 Å². The standard InChI is InChI=1S/C17H20N2/c1-13-5-2-3-6-14(13)10-12-18-16-9-8-15-7-4-11-19-17(15)16/h2-7,11,16,18H,8-10,12H2,1H3. The monoisotopic (exact) mass is 252 g/mol. The van der Waals surface area contributed by atoms with Gasteiger partial charge < -0.3 is 5.32 Å². The lowest BCUT2D eigenvalue weighted by atomic mass is 10.1. The Morgan fingerprint density at radius 2 is 2.11 bits per heavy atom. The lowest BCUT2D eigenvalue weighted by molar-refractivity contribution is 0.524. The number of hydrogen-bond donors (Lipinski definition) is 1. The Morgan fingerprint density at radius 1 is 1.21 bits per heavy atom. The first-order chi connectivity index (χ1) is 9.34. The molecule has 1 aliphatic rings. The quantitative estimate of drug-likeness (QED) is 0.903. The molecule has 0 bridgehead atoms. The van der Waals surface area contributed by atoms with E-state index in [0.717, 1.165) is 19.4 Å². The van der Waals surface area contributed by atoms with E-state index in [2.05, 4.69) is 47.6 Å². The van der Waals surface area contributed by atoms with E-state index in [-0.39, 0.29) is 0 Å². The zero-order chi connectivity index (χ0) is 13.1. The van der Waals surface area contributed by atoms with Crippen molar-refractivity contribution in [2.75, 3.05) is 6.54 Å². The highest BCUT2D eigenvalue weighted by Gasteiger charge is 2.22. The molecule has 0 radical (unpaired) electrons. The van der Waals surface area contributed by atoms with Crippen LogP contribution < -0.4 is 5.32 Å². The fourth-order valence-corrected chi connectivity index (χ4v) is 2.88. The topological polar surface area (TPSA) is 24.9 Å². The van der Waals surface area contributed by atoms with E-state index in [0.29, 0.717) is 6.04 Å². The summed E-state index contributed by atoms with van der Waals surface area (Å²) in [5, 5.41) is 3.65. The van der Waals surface area contributed by atoms with Gasteiger partial charge in [0, 0.05) is 6.20 Å². The molecule has 1 heterocycles. The Bertz CT molecular complexity index is 563. The fourth-order valence-electron chi connectivity index (χ4n) is 2.88. The minimum absolute atomic E-state index is 0.445. The molecule has 98 valence electrons. The summed E-state index contributed by atoms with van der Waals surface area (Å²) < 4.78 is 0. The summed E-state index contributed by atoms with van der Waals surface area (Å²) in [4.78, 5) is 4.52. The average molecular weight is 252 g/mol. The smallest absolute Gasteiger partial charge is 0.0605 e. The summed E-state index contributed by atoms with van der Waals surface area (Å²) in [5.41, 5.74) is 5.49. The molecular formula is C17H20N2. The zero-order valence-electron chi connectivity index (χ0n) is 11.4. The van der Waals surface area contributed by atoms with Crippen molar-refractivity contribution in [3.63, 3.8) is 0 Å². The van der Waals surface area contributed by atoms with Crippen LogP contribution in [0.1, 0.15) is 34.8 Å². The molecule has 1 aromatic carbocycles. The molecule has 1 atom stereocenters. The number of pyridine rings is 1. The van der Waals surface area contributed by atoms with Crippen molar-refractivity contribution < 1.29 is 0 Å². The molecule has 1 unspecified atom stereocenters. The van der Waals surface area contributed by atoms with E-state index in [1.165, 1.54) is 28.8 Å². The number of aromatic nitrogens is 1. The number of benzene rings is 1. The Balaban J connectivity index is 1.58.